The summed E-state index contributed by atoms with van der Waals surface area (Å²) in [5.74, 6) is 0.861. The highest BCUT2D eigenvalue weighted by Gasteiger charge is 2.43. The smallest absolute Gasteiger partial charge is 0.159 e. The van der Waals surface area contributed by atoms with Gasteiger partial charge in [0.05, 0.1) is 17.7 Å². The highest BCUT2D eigenvalue weighted by atomic mass is 15.2. The third-order valence-electron chi connectivity index (χ3n) is 6.37. The molecule has 3 heterocycles. The number of hydrogen-bond acceptors (Lipinski definition) is 4. The summed E-state index contributed by atoms with van der Waals surface area (Å²) in [4.78, 5) is 16.9. The van der Waals surface area contributed by atoms with Crippen LogP contribution in [0.25, 0.3) is 11.4 Å². The zero-order chi connectivity index (χ0) is 19.0. The number of nitrogens with zero attached hydrogens (tertiary/aromatic N) is 5. The molecule has 144 valence electrons. The highest BCUT2D eigenvalue weighted by molar-refractivity contribution is 5.55. The molecule has 5 nitrogen and oxygen atoms in total. The van der Waals surface area contributed by atoms with E-state index in [4.69, 9.17) is 4.98 Å². The summed E-state index contributed by atoms with van der Waals surface area (Å²) < 4.78 is 2.15. The molecule has 0 bridgehead atoms. The fourth-order valence-corrected chi connectivity index (χ4v) is 4.92. The van der Waals surface area contributed by atoms with Crippen molar-refractivity contribution in [2.75, 3.05) is 13.1 Å². The molecule has 2 aliphatic rings. The Morgan fingerprint density at radius 2 is 2.00 bits per heavy atom. The minimum atomic E-state index is 0.174. The molecule has 0 radical (unpaired) electrons. The molecule has 1 aliphatic carbocycles. The molecule has 0 saturated carbocycles. The predicted octanol–water partition coefficient (Wildman–Crippen LogP) is 3.84. The third-order valence-corrected chi connectivity index (χ3v) is 6.37. The van der Waals surface area contributed by atoms with Crippen molar-refractivity contribution < 1.29 is 0 Å². The van der Waals surface area contributed by atoms with Crippen LogP contribution in [0.15, 0.2) is 49.1 Å². The second-order valence-electron chi connectivity index (χ2n) is 8.22. The number of fused-ring (bicyclic) bond motifs is 2. The van der Waals surface area contributed by atoms with Gasteiger partial charge in [0, 0.05) is 43.0 Å². The summed E-state index contributed by atoms with van der Waals surface area (Å²) in [5, 5.41) is 0. The van der Waals surface area contributed by atoms with Crippen LogP contribution in [0.1, 0.15) is 43.1 Å². The summed E-state index contributed by atoms with van der Waals surface area (Å²) in [6.07, 6.45) is 10.9. The number of likely N-dealkylation sites (tertiary alicyclic amines) is 1. The second-order valence-corrected chi connectivity index (χ2v) is 8.22. The lowest BCUT2D eigenvalue weighted by atomic mass is 9.77. The molecule has 1 fully saturated rings. The molecular weight excluding hydrogens is 346 g/mol. The summed E-state index contributed by atoms with van der Waals surface area (Å²) in [6.45, 7) is 6.28. The zero-order valence-corrected chi connectivity index (χ0v) is 16.5. The number of rotatable bonds is 4. The molecule has 3 aromatic rings. The first-order valence-corrected chi connectivity index (χ1v) is 10.4. The van der Waals surface area contributed by atoms with Gasteiger partial charge in [-0.15, -0.1) is 0 Å². The highest BCUT2D eigenvalue weighted by Crippen LogP contribution is 2.44. The van der Waals surface area contributed by atoms with Crippen molar-refractivity contribution in [1.82, 2.24) is 24.4 Å². The van der Waals surface area contributed by atoms with Gasteiger partial charge in [0.1, 0.15) is 0 Å². The maximum atomic E-state index is 5.10. The molecule has 0 amide bonds. The van der Waals surface area contributed by atoms with Gasteiger partial charge >= 0.3 is 0 Å². The van der Waals surface area contributed by atoms with Gasteiger partial charge < -0.3 is 4.57 Å². The van der Waals surface area contributed by atoms with E-state index < -0.39 is 0 Å². The Kier molecular flexibility index (Phi) is 4.47. The van der Waals surface area contributed by atoms with Crippen LogP contribution in [0.5, 0.6) is 0 Å². The minimum Gasteiger partial charge on any atom is -0.337 e. The number of imidazole rings is 1. The first kappa shape index (κ1) is 17.6. The molecule has 1 unspecified atom stereocenters. The van der Waals surface area contributed by atoms with Crippen LogP contribution in [0.2, 0.25) is 0 Å². The Bertz CT molecular complexity index is 960. The van der Waals surface area contributed by atoms with Crippen LogP contribution < -0.4 is 0 Å². The van der Waals surface area contributed by atoms with Crippen molar-refractivity contribution in [3.8, 4) is 11.4 Å². The van der Waals surface area contributed by atoms with E-state index >= 15 is 0 Å². The molecule has 5 heteroatoms. The molecule has 1 saturated heterocycles. The van der Waals surface area contributed by atoms with Gasteiger partial charge in [-0.1, -0.05) is 30.3 Å². The Labute approximate surface area is 166 Å². The lowest BCUT2D eigenvalue weighted by Crippen LogP contribution is -2.45. The van der Waals surface area contributed by atoms with Gasteiger partial charge in [-0.25, -0.2) is 15.0 Å². The van der Waals surface area contributed by atoms with E-state index in [2.05, 4.69) is 63.0 Å². The molecule has 0 N–H and O–H groups in total. The van der Waals surface area contributed by atoms with Crippen LogP contribution in [-0.4, -0.2) is 37.5 Å². The summed E-state index contributed by atoms with van der Waals surface area (Å²) in [7, 11) is 0. The van der Waals surface area contributed by atoms with Crippen LogP contribution >= 0.6 is 0 Å². The average Bonchev–Trinajstić information content (AvgIpc) is 3.34. The fourth-order valence-electron chi connectivity index (χ4n) is 4.92. The normalized spacial score (nSPS) is 21.9. The van der Waals surface area contributed by atoms with Gasteiger partial charge in [-0.2, -0.15) is 0 Å². The van der Waals surface area contributed by atoms with E-state index in [1.165, 1.54) is 36.2 Å². The zero-order valence-electron chi connectivity index (χ0n) is 16.5. The number of piperidine rings is 1. The van der Waals surface area contributed by atoms with E-state index in [0.29, 0.717) is 0 Å². The molecule has 5 rings (SSSR count). The van der Waals surface area contributed by atoms with Crippen LogP contribution in [-0.2, 0) is 24.9 Å². The van der Waals surface area contributed by atoms with Crippen LogP contribution in [0, 0.1) is 0 Å². The molecule has 1 aromatic carbocycles. The first-order valence-electron chi connectivity index (χ1n) is 10.4. The van der Waals surface area contributed by atoms with E-state index in [0.717, 1.165) is 44.0 Å². The van der Waals surface area contributed by atoms with Crippen LogP contribution in [0.3, 0.4) is 0 Å². The van der Waals surface area contributed by atoms with Gasteiger partial charge in [0.25, 0.3) is 0 Å². The predicted molar refractivity (Wildman–Crippen MR) is 110 cm³/mol. The Morgan fingerprint density at radius 1 is 1.11 bits per heavy atom. The molecule has 1 aliphatic heterocycles. The lowest BCUT2D eigenvalue weighted by molar-refractivity contribution is 0.135. The average molecular weight is 374 g/mol. The van der Waals surface area contributed by atoms with E-state index in [-0.39, 0.29) is 5.41 Å². The van der Waals surface area contributed by atoms with Gasteiger partial charge in [0.15, 0.2) is 5.82 Å². The van der Waals surface area contributed by atoms with Crippen molar-refractivity contribution in [3.05, 3.63) is 66.0 Å². The largest absolute Gasteiger partial charge is 0.337 e. The third kappa shape index (κ3) is 3.14. The number of benzene rings is 1. The van der Waals surface area contributed by atoms with E-state index in [1.54, 1.807) is 0 Å². The minimum absolute atomic E-state index is 0.174. The molecule has 1 atom stereocenters. The summed E-state index contributed by atoms with van der Waals surface area (Å²) >= 11 is 0. The van der Waals surface area contributed by atoms with Crippen molar-refractivity contribution in [3.63, 3.8) is 0 Å². The van der Waals surface area contributed by atoms with Gasteiger partial charge in [-0.3, -0.25) is 4.90 Å². The van der Waals surface area contributed by atoms with Crippen LogP contribution in [0.4, 0.5) is 0 Å². The number of aryl methyl sites for hydroxylation is 2. The summed E-state index contributed by atoms with van der Waals surface area (Å²) in [6, 6.07) is 10.3. The maximum absolute atomic E-state index is 5.10. The maximum Gasteiger partial charge on any atom is 0.159 e. The van der Waals surface area contributed by atoms with E-state index in [1.807, 2.05) is 12.4 Å². The number of hydrogen-bond donors (Lipinski definition) is 0. The molecule has 2 aromatic heterocycles. The van der Waals surface area contributed by atoms with Crippen molar-refractivity contribution in [1.29, 1.82) is 0 Å². The summed E-state index contributed by atoms with van der Waals surface area (Å²) in [5.41, 5.74) is 5.09. The van der Waals surface area contributed by atoms with Gasteiger partial charge in [-0.05, 0) is 44.7 Å². The Morgan fingerprint density at radius 3 is 2.82 bits per heavy atom. The topological polar surface area (TPSA) is 46.8 Å². The molecule has 1 spiro atoms. The van der Waals surface area contributed by atoms with E-state index in [9.17, 15) is 0 Å². The van der Waals surface area contributed by atoms with Crippen molar-refractivity contribution in [2.45, 2.75) is 51.1 Å². The Balaban J connectivity index is 1.41. The molecular formula is C23H27N5. The monoisotopic (exact) mass is 373 g/mol. The second kappa shape index (κ2) is 7.13. The SMILES string of the molecule is CCn1cnc(CN2CCCC3(CCc4cnc(-c5ccccc5)nc43)C2)c1. The first-order chi connectivity index (χ1) is 13.8. The lowest BCUT2D eigenvalue weighted by Gasteiger charge is -2.40. The Hall–Kier alpha value is -2.53. The van der Waals surface area contributed by atoms with Gasteiger partial charge in [0.2, 0.25) is 0 Å². The van der Waals surface area contributed by atoms with Crippen molar-refractivity contribution >= 4 is 0 Å². The van der Waals surface area contributed by atoms with Crippen molar-refractivity contribution in [2.24, 2.45) is 0 Å². The molecule has 28 heavy (non-hydrogen) atoms. The quantitative estimate of drug-likeness (QED) is 0.697. The fraction of sp³-hybridized carbons (Fsp3) is 0.435. The standard InChI is InChI=1S/C23H27N5/c1-2-27-14-20(25-17-27)15-28-12-6-10-23(16-28)11-9-19-13-24-22(26-21(19)23)18-7-4-3-5-8-18/h3-5,7-8,13-14,17H,2,6,9-12,15-16H2,1H3. The number of aromatic nitrogens is 4.